The molecule has 1 atom stereocenters. The van der Waals surface area contributed by atoms with E-state index in [1.165, 1.54) is 6.20 Å². The van der Waals surface area contributed by atoms with Gasteiger partial charge in [0.2, 0.25) is 5.91 Å². The van der Waals surface area contributed by atoms with Crippen LogP contribution in [0.25, 0.3) is 0 Å². The van der Waals surface area contributed by atoms with Crippen molar-refractivity contribution in [3.8, 4) is 0 Å². The molecule has 102 valence electrons. The molecule has 0 aliphatic heterocycles. The molecule has 0 saturated carbocycles. The van der Waals surface area contributed by atoms with Crippen LogP contribution in [0.5, 0.6) is 0 Å². The van der Waals surface area contributed by atoms with Gasteiger partial charge in [-0.1, -0.05) is 11.6 Å². The minimum Gasteiger partial charge on any atom is -0.379 e. The van der Waals surface area contributed by atoms with Crippen LogP contribution in [0.4, 0.5) is 0 Å². The quantitative estimate of drug-likeness (QED) is 0.774. The van der Waals surface area contributed by atoms with E-state index < -0.39 is 0 Å². The summed E-state index contributed by atoms with van der Waals surface area (Å²) in [6.07, 6.45) is 4.18. The molecule has 1 heterocycles. The first kappa shape index (κ1) is 15.0. The van der Waals surface area contributed by atoms with E-state index in [1.807, 2.05) is 13.8 Å². The molecule has 1 N–H and O–H groups in total. The number of aromatic nitrogens is 2. The van der Waals surface area contributed by atoms with Gasteiger partial charge in [0.05, 0.1) is 17.3 Å². The van der Waals surface area contributed by atoms with Crippen molar-refractivity contribution in [2.45, 2.75) is 39.3 Å². The highest BCUT2D eigenvalue weighted by Gasteiger charge is 2.14. The van der Waals surface area contributed by atoms with Crippen LogP contribution in [0.1, 0.15) is 33.2 Å². The van der Waals surface area contributed by atoms with Gasteiger partial charge in [-0.05, 0) is 27.2 Å². The SMILES string of the molecule is CC(C)OCCCNC(=O)C(C)n1cc(Cl)cn1. The fourth-order valence-electron chi connectivity index (χ4n) is 1.40. The number of rotatable bonds is 7. The number of nitrogens with zero attached hydrogens (tertiary/aromatic N) is 2. The molecule has 1 rings (SSSR count). The van der Waals surface area contributed by atoms with Crippen LogP contribution in [0.15, 0.2) is 12.4 Å². The largest absolute Gasteiger partial charge is 0.379 e. The van der Waals surface area contributed by atoms with Gasteiger partial charge < -0.3 is 10.1 Å². The summed E-state index contributed by atoms with van der Waals surface area (Å²) < 4.78 is 6.93. The average molecular weight is 274 g/mol. The zero-order chi connectivity index (χ0) is 13.5. The van der Waals surface area contributed by atoms with Crippen LogP contribution >= 0.6 is 11.6 Å². The Kier molecular flexibility index (Phi) is 6.15. The number of carbonyl (C=O) groups excluding carboxylic acids is 1. The van der Waals surface area contributed by atoms with Gasteiger partial charge in [0.25, 0.3) is 0 Å². The Morgan fingerprint density at radius 2 is 2.28 bits per heavy atom. The van der Waals surface area contributed by atoms with E-state index in [0.717, 1.165) is 6.42 Å². The maximum Gasteiger partial charge on any atom is 0.244 e. The molecular formula is C12H20ClN3O2. The normalized spacial score (nSPS) is 12.7. The molecule has 0 aliphatic carbocycles. The summed E-state index contributed by atoms with van der Waals surface area (Å²) in [6.45, 7) is 7.01. The standard InChI is InChI=1S/C12H20ClN3O2/c1-9(2)18-6-4-5-14-12(17)10(3)16-8-11(13)7-15-16/h7-10H,4-6H2,1-3H3,(H,14,17). The predicted octanol–water partition coefficient (Wildman–Crippen LogP) is 2.03. The fraction of sp³-hybridized carbons (Fsp3) is 0.667. The van der Waals surface area contributed by atoms with E-state index in [9.17, 15) is 4.79 Å². The Morgan fingerprint density at radius 3 is 2.83 bits per heavy atom. The summed E-state index contributed by atoms with van der Waals surface area (Å²) >= 11 is 5.75. The molecule has 1 aromatic rings. The Balaban J connectivity index is 2.24. The highest BCUT2D eigenvalue weighted by atomic mass is 35.5. The van der Waals surface area contributed by atoms with E-state index >= 15 is 0 Å². The van der Waals surface area contributed by atoms with Crippen LogP contribution in [0.3, 0.4) is 0 Å². The lowest BCUT2D eigenvalue weighted by molar-refractivity contribution is -0.124. The Morgan fingerprint density at radius 1 is 1.56 bits per heavy atom. The summed E-state index contributed by atoms with van der Waals surface area (Å²) in [4.78, 5) is 11.8. The minimum atomic E-state index is -0.358. The van der Waals surface area contributed by atoms with E-state index in [1.54, 1.807) is 17.8 Å². The van der Waals surface area contributed by atoms with Gasteiger partial charge in [0, 0.05) is 19.3 Å². The number of halogens is 1. The smallest absolute Gasteiger partial charge is 0.244 e. The summed E-state index contributed by atoms with van der Waals surface area (Å²) in [5.41, 5.74) is 0. The van der Waals surface area contributed by atoms with Gasteiger partial charge in [0.15, 0.2) is 0 Å². The molecule has 0 aromatic carbocycles. The summed E-state index contributed by atoms with van der Waals surface area (Å²) in [5, 5.41) is 7.37. The molecule has 1 aromatic heterocycles. The molecule has 6 heteroatoms. The first-order chi connectivity index (χ1) is 8.50. The van der Waals surface area contributed by atoms with Crippen molar-refractivity contribution in [3.05, 3.63) is 17.4 Å². The first-order valence-corrected chi connectivity index (χ1v) is 6.47. The van der Waals surface area contributed by atoms with Gasteiger partial charge in [-0.15, -0.1) is 0 Å². The Bertz CT molecular complexity index is 379. The third-order valence-electron chi connectivity index (χ3n) is 2.42. The van der Waals surface area contributed by atoms with Crippen LogP contribution in [-0.4, -0.2) is 34.9 Å². The van der Waals surface area contributed by atoms with Crippen LogP contribution < -0.4 is 5.32 Å². The fourth-order valence-corrected chi connectivity index (χ4v) is 1.54. The highest BCUT2D eigenvalue weighted by Crippen LogP contribution is 2.10. The maximum atomic E-state index is 11.8. The van der Waals surface area contributed by atoms with Gasteiger partial charge in [-0.3, -0.25) is 9.48 Å². The number of carbonyl (C=O) groups is 1. The second-order valence-corrected chi connectivity index (χ2v) is 4.82. The Hall–Kier alpha value is -1.07. The molecule has 0 bridgehead atoms. The van der Waals surface area contributed by atoms with Crippen LogP contribution in [0.2, 0.25) is 5.02 Å². The summed E-state index contributed by atoms with van der Waals surface area (Å²) in [6, 6.07) is -0.358. The van der Waals surface area contributed by atoms with E-state index in [-0.39, 0.29) is 18.1 Å². The molecule has 0 saturated heterocycles. The third-order valence-corrected chi connectivity index (χ3v) is 2.61. The lowest BCUT2D eigenvalue weighted by atomic mass is 10.3. The van der Waals surface area contributed by atoms with E-state index in [2.05, 4.69) is 10.4 Å². The predicted molar refractivity (Wildman–Crippen MR) is 70.7 cm³/mol. The molecule has 18 heavy (non-hydrogen) atoms. The van der Waals surface area contributed by atoms with E-state index in [0.29, 0.717) is 18.2 Å². The van der Waals surface area contributed by atoms with Crippen LogP contribution in [0, 0.1) is 0 Å². The van der Waals surface area contributed by atoms with Crippen molar-refractivity contribution in [3.63, 3.8) is 0 Å². The molecular weight excluding hydrogens is 254 g/mol. The third kappa shape index (κ3) is 5.06. The van der Waals surface area contributed by atoms with Crippen molar-refractivity contribution in [2.75, 3.05) is 13.2 Å². The highest BCUT2D eigenvalue weighted by molar-refractivity contribution is 6.30. The van der Waals surface area contributed by atoms with Gasteiger partial charge in [0.1, 0.15) is 6.04 Å². The lowest BCUT2D eigenvalue weighted by Crippen LogP contribution is -2.32. The zero-order valence-electron chi connectivity index (χ0n) is 11.0. The van der Waals surface area contributed by atoms with Crippen molar-refractivity contribution in [1.29, 1.82) is 0 Å². The number of hydrogen-bond donors (Lipinski definition) is 1. The average Bonchev–Trinajstić information content (AvgIpc) is 2.73. The molecule has 1 amide bonds. The van der Waals surface area contributed by atoms with Gasteiger partial charge >= 0.3 is 0 Å². The summed E-state index contributed by atoms with van der Waals surface area (Å²) in [7, 11) is 0. The number of amides is 1. The van der Waals surface area contributed by atoms with Crippen molar-refractivity contribution < 1.29 is 9.53 Å². The lowest BCUT2D eigenvalue weighted by Gasteiger charge is -2.13. The topological polar surface area (TPSA) is 56.1 Å². The number of hydrogen-bond acceptors (Lipinski definition) is 3. The Labute approximate surface area is 112 Å². The molecule has 0 radical (unpaired) electrons. The number of ether oxygens (including phenoxy) is 1. The van der Waals surface area contributed by atoms with Crippen LogP contribution in [-0.2, 0) is 9.53 Å². The molecule has 5 nitrogen and oxygen atoms in total. The van der Waals surface area contributed by atoms with Gasteiger partial charge in [-0.25, -0.2) is 0 Å². The molecule has 0 fully saturated rings. The zero-order valence-corrected chi connectivity index (χ0v) is 11.8. The number of nitrogens with one attached hydrogen (secondary N) is 1. The summed E-state index contributed by atoms with van der Waals surface area (Å²) in [5.74, 6) is -0.0701. The van der Waals surface area contributed by atoms with E-state index in [4.69, 9.17) is 16.3 Å². The molecule has 0 spiro atoms. The second-order valence-electron chi connectivity index (χ2n) is 4.38. The second kappa shape index (κ2) is 7.38. The molecule has 1 unspecified atom stereocenters. The van der Waals surface area contributed by atoms with Gasteiger partial charge in [-0.2, -0.15) is 5.10 Å². The van der Waals surface area contributed by atoms with Crippen molar-refractivity contribution >= 4 is 17.5 Å². The molecule has 0 aliphatic rings. The van der Waals surface area contributed by atoms with Crippen molar-refractivity contribution in [1.82, 2.24) is 15.1 Å². The van der Waals surface area contributed by atoms with Crippen molar-refractivity contribution in [2.24, 2.45) is 0 Å². The minimum absolute atomic E-state index is 0.0701. The maximum absolute atomic E-state index is 11.8. The first-order valence-electron chi connectivity index (χ1n) is 6.09. The monoisotopic (exact) mass is 273 g/mol.